The van der Waals surface area contributed by atoms with Crippen molar-refractivity contribution in [3.05, 3.63) is 23.5 Å². The van der Waals surface area contributed by atoms with Crippen LogP contribution < -0.4 is 11.3 Å². The van der Waals surface area contributed by atoms with Gasteiger partial charge in [-0.1, -0.05) is 0 Å². The summed E-state index contributed by atoms with van der Waals surface area (Å²) in [4.78, 5) is 3.57. The van der Waals surface area contributed by atoms with Crippen molar-refractivity contribution in [2.45, 2.75) is 25.1 Å². The average Bonchev–Trinajstić information content (AvgIpc) is 3.04. The van der Waals surface area contributed by atoms with Crippen LogP contribution in [-0.4, -0.2) is 21.2 Å². The Morgan fingerprint density at radius 3 is 2.80 bits per heavy atom. The van der Waals surface area contributed by atoms with Gasteiger partial charge < -0.3 is 10.2 Å². The minimum atomic E-state index is -4.54. The first kappa shape index (κ1) is 13.1. The maximum Gasteiger partial charge on any atom is 0.433 e. The van der Waals surface area contributed by atoms with Gasteiger partial charge in [-0.15, -0.1) is 0 Å². The lowest BCUT2D eigenvalue weighted by Gasteiger charge is -2.09. The van der Waals surface area contributed by atoms with Crippen LogP contribution in [0.25, 0.3) is 5.65 Å². The molecule has 9 heteroatoms. The topological polar surface area (TPSA) is 77.5 Å². The number of nitrogens with two attached hydrogens (primary N) is 1. The van der Waals surface area contributed by atoms with Crippen LogP contribution in [0, 0.1) is 0 Å². The molecule has 1 atom stereocenters. The van der Waals surface area contributed by atoms with Crippen molar-refractivity contribution in [3.8, 4) is 0 Å². The molecule has 3 heterocycles. The van der Waals surface area contributed by atoms with E-state index in [1.165, 1.54) is 10.6 Å². The SMILES string of the molecule is NNc1cc(C(F)(F)F)nc2cc(C3CCCO3)nn12. The first-order valence-electron chi connectivity index (χ1n) is 6.05. The predicted molar refractivity (Wildman–Crippen MR) is 63.7 cm³/mol. The standard InChI is InChI=1S/C11H12F3N5O/c12-11(13,14)8-5-10(17-15)19-9(16-8)4-6(18-19)7-2-1-3-20-7/h4-5,7,17H,1-3,15H2. The lowest BCUT2D eigenvalue weighted by molar-refractivity contribution is -0.141. The molecule has 2 aromatic heterocycles. The third kappa shape index (κ3) is 2.18. The van der Waals surface area contributed by atoms with Crippen molar-refractivity contribution in [2.24, 2.45) is 5.84 Å². The van der Waals surface area contributed by atoms with Crippen molar-refractivity contribution in [3.63, 3.8) is 0 Å². The Hall–Kier alpha value is -1.87. The summed E-state index contributed by atoms with van der Waals surface area (Å²) in [7, 11) is 0. The van der Waals surface area contributed by atoms with Gasteiger partial charge in [-0.3, -0.25) is 0 Å². The zero-order valence-electron chi connectivity index (χ0n) is 10.3. The Balaban J connectivity index is 2.11. The normalized spacial score (nSPS) is 19.7. The minimum Gasteiger partial charge on any atom is -0.372 e. The second-order valence-corrected chi connectivity index (χ2v) is 4.51. The summed E-state index contributed by atoms with van der Waals surface area (Å²) in [6.45, 7) is 0.627. The van der Waals surface area contributed by atoms with E-state index in [9.17, 15) is 13.2 Å². The highest BCUT2D eigenvalue weighted by Gasteiger charge is 2.34. The summed E-state index contributed by atoms with van der Waals surface area (Å²) in [5.41, 5.74) is 1.83. The molecule has 1 unspecified atom stereocenters. The second kappa shape index (κ2) is 4.60. The number of hydrogen-bond donors (Lipinski definition) is 2. The van der Waals surface area contributed by atoms with Gasteiger partial charge in [0.2, 0.25) is 0 Å². The molecule has 1 fully saturated rings. The number of hydrazine groups is 1. The smallest absolute Gasteiger partial charge is 0.372 e. The molecule has 3 N–H and O–H groups in total. The second-order valence-electron chi connectivity index (χ2n) is 4.51. The molecular weight excluding hydrogens is 275 g/mol. The molecule has 108 valence electrons. The van der Waals surface area contributed by atoms with Crippen molar-refractivity contribution in [1.29, 1.82) is 0 Å². The molecule has 0 bridgehead atoms. The Morgan fingerprint density at radius 1 is 1.40 bits per heavy atom. The van der Waals surface area contributed by atoms with Gasteiger partial charge >= 0.3 is 6.18 Å². The van der Waals surface area contributed by atoms with E-state index < -0.39 is 11.9 Å². The number of rotatable bonds is 2. The fraction of sp³-hybridized carbons (Fsp3) is 0.455. The largest absolute Gasteiger partial charge is 0.433 e. The van der Waals surface area contributed by atoms with Crippen molar-refractivity contribution in [1.82, 2.24) is 14.6 Å². The molecule has 0 aliphatic carbocycles. The quantitative estimate of drug-likeness (QED) is 0.651. The number of halogens is 3. The molecule has 0 spiro atoms. The van der Waals surface area contributed by atoms with Crippen molar-refractivity contribution in [2.75, 3.05) is 12.0 Å². The highest BCUT2D eigenvalue weighted by Crippen LogP contribution is 2.32. The zero-order valence-corrected chi connectivity index (χ0v) is 10.3. The van der Waals surface area contributed by atoms with Crippen LogP contribution in [0.4, 0.5) is 19.0 Å². The van der Waals surface area contributed by atoms with E-state index >= 15 is 0 Å². The maximum atomic E-state index is 12.8. The van der Waals surface area contributed by atoms with Gasteiger partial charge in [0.15, 0.2) is 11.3 Å². The van der Waals surface area contributed by atoms with Crippen LogP contribution in [0.5, 0.6) is 0 Å². The Kier molecular flexibility index (Phi) is 3.02. The van der Waals surface area contributed by atoms with Gasteiger partial charge in [-0.05, 0) is 12.8 Å². The van der Waals surface area contributed by atoms with E-state index in [0.717, 1.165) is 18.9 Å². The van der Waals surface area contributed by atoms with E-state index in [0.29, 0.717) is 12.3 Å². The number of fused-ring (bicyclic) bond motifs is 1. The molecule has 1 aliphatic rings. The molecule has 6 nitrogen and oxygen atoms in total. The lowest BCUT2D eigenvalue weighted by atomic mass is 10.2. The van der Waals surface area contributed by atoms with Crippen LogP contribution >= 0.6 is 0 Å². The fourth-order valence-corrected chi connectivity index (χ4v) is 2.21. The summed E-state index contributed by atoms with van der Waals surface area (Å²) in [6.07, 6.45) is -3.04. The van der Waals surface area contributed by atoms with Crippen molar-refractivity contribution >= 4 is 11.5 Å². The van der Waals surface area contributed by atoms with Crippen LogP contribution in [0.15, 0.2) is 12.1 Å². The number of aromatic nitrogens is 3. The highest BCUT2D eigenvalue weighted by atomic mass is 19.4. The first-order chi connectivity index (χ1) is 9.49. The number of ether oxygens (including phenoxy) is 1. The van der Waals surface area contributed by atoms with Gasteiger partial charge in [0.1, 0.15) is 11.9 Å². The van der Waals surface area contributed by atoms with Crippen molar-refractivity contribution < 1.29 is 17.9 Å². The summed E-state index contributed by atoms with van der Waals surface area (Å²) >= 11 is 0. The van der Waals surface area contributed by atoms with E-state index in [4.69, 9.17) is 10.6 Å². The Labute approximate surface area is 111 Å². The third-order valence-corrected chi connectivity index (χ3v) is 3.14. The van der Waals surface area contributed by atoms with Gasteiger partial charge in [-0.25, -0.2) is 10.8 Å². The molecule has 1 saturated heterocycles. The molecule has 0 saturated carbocycles. The molecule has 2 aromatic rings. The summed E-state index contributed by atoms with van der Waals surface area (Å²) in [5, 5.41) is 4.21. The van der Waals surface area contributed by atoms with Crippen LogP contribution in [0.1, 0.15) is 30.3 Å². The highest BCUT2D eigenvalue weighted by molar-refractivity contribution is 5.50. The molecule has 1 aliphatic heterocycles. The van der Waals surface area contributed by atoms with Crippen LogP contribution in [-0.2, 0) is 10.9 Å². The molecule has 0 amide bonds. The Morgan fingerprint density at radius 2 is 2.20 bits per heavy atom. The number of nitrogens with one attached hydrogen (secondary N) is 1. The number of nitrogens with zero attached hydrogens (tertiary/aromatic N) is 3. The lowest BCUT2D eigenvalue weighted by Crippen LogP contribution is -2.16. The van der Waals surface area contributed by atoms with Gasteiger partial charge in [0.25, 0.3) is 0 Å². The molecule has 0 radical (unpaired) electrons. The average molecular weight is 287 g/mol. The molecule has 3 rings (SSSR count). The number of nitrogen functional groups attached to an aromatic ring is 1. The summed E-state index contributed by atoms with van der Waals surface area (Å²) in [6, 6.07) is 2.31. The predicted octanol–water partition coefficient (Wildman–Crippen LogP) is 1.89. The fourth-order valence-electron chi connectivity index (χ4n) is 2.21. The maximum absolute atomic E-state index is 12.8. The van der Waals surface area contributed by atoms with Crippen LogP contribution in [0.3, 0.4) is 0 Å². The monoisotopic (exact) mass is 287 g/mol. The molecular formula is C11H12F3N5O. The minimum absolute atomic E-state index is 0.0200. The van der Waals surface area contributed by atoms with E-state index in [2.05, 4.69) is 15.5 Å². The number of hydrogen-bond acceptors (Lipinski definition) is 5. The van der Waals surface area contributed by atoms with E-state index in [1.807, 2.05) is 0 Å². The van der Waals surface area contributed by atoms with E-state index in [1.54, 1.807) is 0 Å². The van der Waals surface area contributed by atoms with E-state index in [-0.39, 0.29) is 17.6 Å². The molecule has 20 heavy (non-hydrogen) atoms. The summed E-state index contributed by atoms with van der Waals surface area (Å²) < 4.78 is 45.0. The number of alkyl halides is 3. The molecule has 0 aromatic carbocycles. The third-order valence-electron chi connectivity index (χ3n) is 3.14. The van der Waals surface area contributed by atoms with Gasteiger partial charge in [0, 0.05) is 18.7 Å². The zero-order chi connectivity index (χ0) is 14.3. The van der Waals surface area contributed by atoms with Crippen LogP contribution in [0.2, 0.25) is 0 Å². The first-order valence-corrected chi connectivity index (χ1v) is 6.05. The van der Waals surface area contributed by atoms with Gasteiger partial charge in [-0.2, -0.15) is 22.8 Å². The Bertz CT molecular complexity index is 633. The van der Waals surface area contributed by atoms with Gasteiger partial charge in [0.05, 0.1) is 5.69 Å². The summed E-state index contributed by atoms with van der Waals surface area (Å²) in [5.74, 6) is 5.27. The number of anilines is 1.